The van der Waals surface area contributed by atoms with Gasteiger partial charge in [-0.15, -0.1) is 0 Å². The van der Waals surface area contributed by atoms with Crippen molar-refractivity contribution in [2.75, 3.05) is 11.9 Å². The average molecular weight is 322 g/mol. The molecule has 17 heavy (non-hydrogen) atoms. The third-order valence-electron chi connectivity index (χ3n) is 2.03. The zero-order valence-corrected chi connectivity index (χ0v) is 11.9. The fraction of sp³-hybridized carbons (Fsp3) is 0.364. The van der Waals surface area contributed by atoms with Crippen LogP contribution in [0.15, 0.2) is 22.7 Å². The molecule has 0 unspecified atom stereocenters. The van der Waals surface area contributed by atoms with Crippen LogP contribution in [-0.4, -0.2) is 23.3 Å². The first-order chi connectivity index (χ1) is 7.84. The van der Waals surface area contributed by atoms with Gasteiger partial charge in [-0.3, -0.25) is 0 Å². The van der Waals surface area contributed by atoms with Crippen molar-refractivity contribution < 1.29 is 9.90 Å². The summed E-state index contributed by atoms with van der Waals surface area (Å²) in [5.74, 6) is 0. The molecule has 0 spiro atoms. The second-order valence-electron chi connectivity index (χ2n) is 4.25. The van der Waals surface area contributed by atoms with E-state index in [-0.39, 0.29) is 12.6 Å². The Morgan fingerprint density at radius 2 is 2.18 bits per heavy atom. The monoisotopic (exact) mass is 320 g/mol. The van der Waals surface area contributed by atoms with Gasteiger partial charge in [-0.25, -0.2) is 4.79 Å². The molecular weight excluding hydrogens is 307 g/mol. The lowest BCUT2D eigenvalue weighted by Crippen LogP contribution is -2.48. The standard InChI is InChI=1S/C11H14BrClN2O2/c1-11(2,6-16)15-10(17)14-9-4-3-7(13)5-8(9)12/h3-5,16H,6H2,1-2H3,(H2,14,15,17). The first kappa shape index (κ1) is 14.3. The van der Waals surface area contributed by atoms with E-state index in [1.54, 1.807) is 32.0 Å². The predicted molar refractivity (Wildman–Crippen MR) is 72.5 cm³/mol. The van der Waals surface area contributed by atoms with E-state index in [4.69, 9.17) is 16.7 Å². The van der Waals surface area contributed by atoms with Gasteiger partial charge in [0.25, 0.3) is 0 Å². The molecule has 0 bridgehead atoms. The highest BCUT2D eigenvalue weighted by atomic mass is 79.9. The Balaban J connectivity index is 2.69. The van der Waals surface area contributed by atoms with Crippen molar-refractivity contribution in [2.45, 2.75) is 19.4 Å². The van der Waals surface area contributed by atoms with E-state index in [9.17, 15) is 4.79 Å². The third kappa shape index (κ3) is 4.53. The fourth-order valence-electron chi connectivity index (χ4n) is 1.09. The summed E-state index contributed by atoms with van der Waals surface area (Å²) in [4.78, 5) is 11.6. The van der Waals surface area contributed by atoms with Crippen molar-refractivity contribution >= 4 is 39.2 Å². The van der Waals surface area contributed by atoms with Gasteiger partial charge in [0.2, 0.25) is 0 Å². The van der Waals surface area contributed by atoms with Crippen molar-refractivity contribution in [1.29, 1.82) is 0 Å². The van der Waals surface area contributed by atoms with Crippen molar-refractivity contribution in [2.24, 2.45) is 0 Å². The van der Waals surface area contributed by atoms with Gasteiger partial charge in [0.05, 0.1) is 17.8 Å². The molecule has 1 rings (SSSR count). The lowest BCUT2D eigenvalue weighted by molar-refractivity contribution is 0.187. The van der Waals surface area contributed by atoms with Crippen LogP contribution in [0.25, 0.3) is 0 Å². The zero-order valence-electron chi connectivity index (χ0n) is 9.55. The highest BCUT2D eigenvalue weighted by Crippen LogP contribution is 2.25. The highest BCUT2D eigenvalue weighted by Gasteiger charge is 2.19. The number of aliphatic hydroxyl groups excluding tert-OH is 1. The Bertz CT molecular complexity index is 424. The van der Waals surface area contributed by atoms with E-state index in [0.29, 0.717) is 15.2 Å². The maximum absolute atomic E-state index is 11.6. The Hall–Kier alpha value is -0.780. The smallest absolute Gasteiger partial charge is 0.319 e. The van der Waals surface area contributed by atoms with Crippen LogP contribution < -0.4 is 10.6 Å². The van der Waals surface area contributed by atoms with Crippen LogP contribution in [0, 0.1) is 0 Å². The van der Waals surface area contributed by atoms with Gasteiger partial charge in [0.1, 0.15) is 0 Å². The predicted octanol–water partition coefficient (Wildman–Crippen LogP) is 2.99. The SMILES string of the molecule is CC(C)(CO)NC(=O)Nc1ccc(Cl)cc1Br. The minimum absolute atomic E-state index is 0.137. The summed E-state index contributed by atoms with van der Waals surface area (Å²) in [5, 5.41) is 14.9. The molecule has 0 saturated heterocycles. The number of halogens is 2. The molecule has 0 aliphatic heterocycles. The zero-order chi connectivity index (χ0) is 13.1. The van der Waals surface area contributed by atoms with Gasteiger partial charge in [-0.2, -0.15) is 0 Å². The van der Waals surface area contributed by atoms with E-state index < -0.39 is 5.54 Å². The summed E-state index contributed by atoms with van der Waals surface area (Å²) < 4.78 is 0.696. The number of hydrogen-bond donors (Lipinski definition) is 3. The molecule has 2 amide bonds. The molecule has 94 valence electrons. The van der Waals surface area contributed by atoms with Crippen LogP contribution in [0.2, 0.25) is 5.02 Å². The number of carbonyl (C=O) groups excluding carboxylic acids is 1. The summed E-state index contributed by atoms with van der Waals surface area (Å²) in [7, 11) is 0. The molecule has 3 N–H and O–H groups in total. The number of nitrogens with one attached hydrogen (secondary N) is 2. The van der Waals surface area contributed by atoms with E-state index in [0.717, 1.165) is 0 Å². The highest BCUT2D eigenvalue weighted by molar-refractivity contribution is 9.10. The topological polar surface area (TPSA) is 61.4 Å². The second-order valence-corrected chi connectivity index (χ2v) is 5.54. The van der Waals surface area contributed by atoms with Crippen molar-refractivity contribution in [3.05, 3.63) is 27.7 Å². The van der Waals surface area contributed by atoms with Crippen LogP contribution in [0.5, 0.6) is 0 Å². The Labute approximate surface area is 113 Å². The fourth-order valence-corrected chi connectivity index (χ4v) is 1.87. The molecule has 0 aliphatic rings. The summed E-state index contributed by atoms with van der Waals surface area (Å²) in [6, 6.07) is 4.68. The molecule has 0 saturated carbocycles. The van der Waals surface area contributed by atoms with E-state index in [2.05, 4.69) is 26.6 Å². The summed E-state index contributed by atoms with van der Waals surface area (Å²) in [6.07, 6.45) is 0. The van der Waals surface area contributed by atoms with E-state index >= 15 is 0 Å². The molecule has 0 aliphatic carbocycles. The van der Waals surface area contributed by atoms with E-state index in [1.165, 1.54) is 0 Å². The van der Waals surface area contributed by atoms with Gasteiger partial charge in [-0.05, 0) is 48.0 Å². The number of aliphatic hydroxyl groups is 1. The van der Waals surface area contributed by atoms with Crippen molar-refractivity contribution in [3.63, 3.8) is 0 Å². The summed E-state index contributed by atoms with van der Waals surface area (Å²) in [6.45, 7) is 3.31. The number of amides is 2. The van der Waals surface area contributed by atoms with Crippen molar-refractivity contribution in [3.8, 4) is 0 Å². The number of carbonyl (C=O) groups is 1. The minimum atomic E-state index is -0.664. The number of benzene rings is 1. The molecular formula is C11H14BrClN2O2. The molecule has 0 radical (unpaired) electrons. The van der Waals surface area contributed by atoms with Crippen LogP contribution in [0.1, 0.15) is 13.8 Å². The molecule has 0 atom stereocenters. The minimum Gasteiger partial charge on any atom is -0.394 e. The molecule has 0 aromatic heterocycles. The normalized spacial score (nSPS) is 11.1. The van der Waals surface area contributed by atoms with Crippen LogP contribution >= 0.6 is 27.5 Å². The molecule has 1 aromatic rings. The largest absolute Gasteiger partial charge is 0.394 e. The van der Waals surface area contributed by atoms with Gasteiger partial charge >= 0.3 is 6.03 Å². The third-order valence-corrected chi connectivity index (χ3v) is 2.92. The Morgan fingerprint density at radius 1 is 1.53 bits per heavy atom. The molecule has 4 nitrogen and oxygen atoms in total. The van der Waals surface area contributed by atoms with Gasteiger partial charge in [-0.1, -0.05) is 11.6 Å². The first-order valence-corrected chi connectivity index (χ1v) is 6.16. The molecule has 0 heterocycles. The lowest BCUT2D eigenvalue weighted by Gasteiger charge is -2.23. The number of urea groups is 1. The maximum Gasteiger partial charge on any atom is 0.319 e. The maximum atomic E-state index is 11.6. The number of hydrogen-bond acceptors (Lipinski definition) is 2. The van der Waals surface area contributed by atoms with Crippen LogP contribution in [-0.2, 0) is 0 Å². The Kier molecular flexibility index (Phi) is 4.80. The summed E-state index contributed by atoms with van der Waals surface area (Å²) >= 11 is 9.09. The Morgan fingerprint density at radius 3 is 2.71 bits per heavy atom. The second kappa shape index (κ2) is 5.71. The van der Waals surface area contributed by atoms with Crippen LogP contribution in [0.4, 0.5) is 10.5 Å². The lowest BCUT2D eigenvalue weighted by atomic mass is 10.1. The number of anilines is 1. The van der Waals surface area contributed by atoms with Gasteiger partial charge < -0.3 is 15.7 Å². The average Bonchev–Trinajstić information content (AvgIpc) is 2.21. The van der Waals surface area contributed by atoms with Gasteiger partial charge in [0, 0.05) is 9.50 Å². The summed E-state index contributed by atoms with van der Waals surface area (Å²) in [5.41, 5.74) is -0.0520. The number of rotatable bonds is 3. The quantitative estimate of drug-likeness (QED) is 0.801. The molecule has 6 heteroatoms. The van der Waals surface area contributed by atoms with Crippen LogP contribution in [0.3, 0.4) is 0 Å². The van der Waals surface area contributed by atoms with E-state index in [1.807, 2.05) is 0 Å². The molecule has 0 fully saturated rings. The van der Waals surface area contributed by atoms with Crippen molar-refractivity contribution in [1.82, 2.24) is 5.32 Å². The molecule has 1 aromatic carbocycles. The van der Waals surface area contributed by atoms with Gasteiger partial charge in [0.15, 0.2) is 0 Å². The first-order valence-electron chi connectivity index (χ1n) is 4.99.